The first kappa shape index (κ1) is 14.6. The number of unbranched alkanes of at least 4 members (excludes halogenated alkanes) is 1. The van der Waals surface area contributed by atoms with Gasteiger partial charge in [-0.1, -0.05) is 37.1 Å². The molecular weight excluding hydrogens is 234 g/mol. The van der Waals surface area contributed by atoms with E-state index in [2.05, 4.69) is 6.92 Å². The van der Waals surface area contributed by atoms with Crippen molar-refractivity contribution in [1.29, 1.82) is 0 Å². The molecule has 0 aliphatic carbocycles. The fraction of sp³-hybridized carbons (Fsp3) is 0.400. The van der Waals surface area contributed by atoms with Gasteiger partial charge in [0, 0.05) is 0 Å². The molecule has 1 unspecified atom stereocenters. The number of halogens is 1. The molecule has 15 heavy (non-hydrogen) atoms. The Hall–Kier alpha value is -0.420. The van der Waals surface area contributed by atoms with Gasteiger partial charge in [0.25, 0.3) is 0 Å². The molecule has 0 amide bonds. The van der Waals surface area contributed by atoms with E-state index in [-0.39, 0.29) is 4.90 Å². The first-order valence-corrected chi connectivity index (χ1v) is 6.17. The Kier molecular flexibility index (Phi) is 8.61. The number of hydrogen-bond donors (Lipinski definition) is 2. The van der Waals surface area contributed by atoms with Crippen LogP contribution in [0.4, 0.5) is 0 Å². The van der Waals surface area contributed by atoms with Crippen LogP contribution in [0.5, 0.6) is 0 Å². The maximum Gasteiger partial charge on any atom is 0.188 e. The zero-order valence-electron chi connectivity index (χ0n) is 8.65. The van der Waals surface area contributed by atoms with Crippen molar-refractivity contribution in [1.82, 2.24) is 0 Å². The maximum atomic E-state index is 10.4. The van der Waals surface area contributed by atoms with Gasteiger partial charge < -0.3 is 10.3 Å². The predicted octanol–water partition coefficient (Wildman–Crippen LogP) is 2.67. The summed E-state index contributed by atoms with van der Waals surface area (Å²) >= 11 is 3.59. The first-order valence-electron chi connectivity index (χ1n) is 4.69. The van der Waals surface area contributed by atoms with E-state index in [4.69, 9.17) is 21.9 Å². The van der Waals surface area contributed by atoms with Crippen molar-refractivity contribution in [3.05, 3.63) is 29.3 Å². The molecule has 3 nitrogen and oxygen atoms in total. The predicted molar refractivity (Wildman–Crippen MR) is 64.5 cm³/mol. The Bertz CT molecular complexity index is 305. The van der Waals surface area contributed by atoms with Crippen molar-refractivity contribution in [2.75, 3.05) is 6.54 Å². The van der Waals surface area contributed by atoms with E-state index in [1.807, 2.05) is 0 Å². The topological polar surface area (TPSA) is 63.3 Å². The van der Waals surface area contributed by atoms with Crippen LogP contribution in [0.15, 0.2) is 29.2 Å². The zero-order valence-corrected chi connectivity index (χ0v) is 10.2. The van der Waals surface area contributed by atoms with Crippen molar-refractivity contribution in [3.63, 3.8) is 0 Å². The second kappa shape index (κ2) is 8.85. The highest BCUT2D eigenvalue weighted by Crippen LogP contribution is 2.17. The van der Waals surface area contributed by atoms with Crippen LogP contribution in [0, 0.1) is 0 Å². The van der Waals surface area contributed by atoms with Crippen LogP contribution in [-0.2, 0) is 11.1 Å². The molecule has 0 radical (unpaired) electrons. The minimum atomic E-state index is -1.97. The summed E-state index contributed by atoms with van der Waals surface area (Å²) in [5.41, 5.74) is 5.14. The lowest BCUT2D eigenvalue weighted by atomic mass is 10.3. The van der Waals surface area contributed by atoms with Crippen LogP contribution in [0.1, 0.15) is 19.8 Å². The van der Waals surface area contributed by atoms with Crippen LogP contribution < -0.4 is 5.73 Å². The lowest BCUT2D eigenvalue weighted by Gasteiger charge is -1.95. The average Bonchev–Trinajstić information content (AvgIpc) is 2.20. The Morgan fingerprint density at radius 1 is 1.47 bits per heavy atom. The summed E-state index contributed by atoms with van der Waals surface area (Å²) in [6, 6.07) is 6.46. The van der Waals surface area contributed by atoms with E-state index in [9.17, 15) is 4.21 Å². The van der Waals surface area contributed by atoms with Gasteiger partial charge in [-0.15, -0.1) is 0 Å². The lowest BCUT2D eigenvalue weighted by molar-refractivity contribution is 0.564. The molecule has 0 spiro atoms. The second-order valence-electron chi connectivity index (χ2n) is 2.82. The van der Waals surface area contributed by atoms with Gasteiger partial charge >= 0.3 is 0 Å². The zero-order chi connectivity index (χ0) is 11.7. The van der Waals surface area contributed by atoms with Crippen LogP contribution in [0.2, 0.25) is 5.02 Å². The molecule has 1 rings (SSSR count). The Morgan fingerprint density at radius 3 is 2.33 bits per heavy atom. The molecule has 1 aromatic rings. The highest BCUT2D eigenvalue weighted by molar-refractivity contribution is 7.79. The molecule has 5 heteroatoms. The summed E-state index contributed by atoms with van der Waals surface area (Å²) in [4.78, 5) is 0.254. The molecular formula is C10H16ClNO2S. The van der Waals surface area contributed by atoms with E-state index in [0.29, 0.717) is 5.02 Å². The summed E-state index contributed by atoms with van der Waals surface area (Å²) in [6.07, 6.45) is 2.39. The van der Waals surface area contributed by atoms with Gasteiger partial charge in [-0.2, -0.15) is 0 Å². The SMILES string of the molecule is CCCCN.O=S(O)c1ccccc1Cl. The van der Waals surface area contributed by atoms with E-state index in [0.717, 1.165) is 6.54 Å². The molecule has 86 valence electrons. The highest BCUT2D eigenvalue weighted by Gasteiger charge is 2.02. The molecule has 0 bridgehead atoms. The van der Waals surface area contributed by atoms with E-state index in [1.54, 1.807) is 18.2 Å². The third kappa shape index (κ3) is 6.62. The summed E-state index contributed by atoms with van der Waals surface area (Å²) in [7, 11) is 0. The average molecular weight is 250 g/mol. The normalized spacial score (nSPS) is 11.5. The summed E-state index contributed by atoms with van der Waals surface area (Å²) < 4.78 is 19.0. The van der Waals surface area contributed by atoms with Gasteiger partial charge in [0.1, 0.15) is 0 Å². The molecule has 0 heterocycles. The van der Waals surface area contributed by atoms with E-state index >= 15 is 0 Å². The molecule has 3 N–H and O–H groups in total. The molecule has 0 saturated heterocycles. The Labute approximate surface area is 97.9 Å². The molecule has 0 aliphatic rings. The lowest BCUT2D eigenvalue weighted by Crippen LogP contribution is -1.95. The largest absolute Gasteiger partial charge is 0.330 e. The van der Waals surface area contributed by atoms with E-state index in [1.165, 1.54) is 18.9 Å². The van der Waals surface area contributed by atoms with Gasteiger partial charge in [-0.25, -0.2) is 4.21 Å². The minimum absolute atomic E-state index is 0.254. The molecule has 1 atom stereocenters. The van der Waals surface area contributed by atoms with Gasteiger partial charge in [0.2, 0.25) is 0 Å². The third-order valence-corrected chi connectivity index (χ3v) is 2.76. The quantitative estimate of drug-likeness (QED) is 0.810. The monoisotopic (exact) mass is 249 g/mol. The van der Waals surface area contributed by atoms with Crippen molar-refractivity contribution in [2.45, 2.75) is 24.7 Å². The molecule has 1 aromatic carbocycles. The van der Waals surface area contributed by atoms with Gasteiger partial charge in [0.05, 0.1) is 9.92 Å². The molecule has 0 aromatic heterocycles. The first-order chi connectivity index (χ1) is 7.13. The summed E-state index contributed by atoms with van der Waals surface area (Å²) in [6.45, 7) is 2.98. The number of hydrogen-bond acceptors (Lipinski definition) is 2. The highest BCUT2D eigenvalue weighted by atomic mass is 35.5. The van der Waals surface area contributed by atoms with Crippen molar-refractivity contribution in [3.8, 4) is 0 Å². The van der Waals surface area contributed by atoms with Gasteiger partial charge in [-0.3, -0.25) is 0 Å². The van der Waals surface area contributed by atoms with Gasteiger partial charge in [-0.05, 0) is 25.1 Å². The number of rotatable bonds is 3. The molecule has 0 saturated carbocycles. The maximum absolute atomic E-state index is 10.4. The summed E-state index contributed by atoms with van der Waals surface area (Å²) in [5.74, 6) is 0. The fourth-order valence-electron chi connectivity index (χ4n) is 0.790. The molecule has 0 aliphatic heterocycles. The van der Waals surface area contributed by atoms with Crippen LogP contribution in [0.3, 0.4) is 0 Å². The second-order valence-corrected chi connectivity index (χ2v) is 4.17. The van der Waals surface area contributed by atoms with Crippen LogP contribution in [-0.4, -0.2) is 15.3 Å². The van der Waals surface area contributed by atoms with Crippen molar-refractivity contribution >= 4 is 22.7 Å². The minimum Gasteiger partial charge on any atom is -0.330 e. The smallest absolute Gasteiger partial charge is 0.188 e. The van der Waals surface area contributed by atoms with Crippen LogP contribution >= 0.6 is 11.6 Å². The van der Waals surface area contributed by atoms with Gasteiger partial charge in [0.15, 0.2) is 11.1 Å². The van der Waals surface area contributed by atoms with Crippen LogP contribution in [0.25, 0.3) is 0 Å². The fourth-order valence-corrected chi connectivity index (χ4v) is 1.55. The summed E-state index contributed by atoms with van der Waals surface area (Å²) in [5, 5.41) is 0.323. The Morgan fingerprint density at radius 2 is 2.07 bits per heavy atom. The molecule has 0 fully saturated rings. The number of benzene rings is 1. The Balaban J connectivity index is 0.000000336. The number of nitrogens with two attached hydrogens (primary N) is 1. The van der Waals surface area contributed by atoms with E-state index < -0.39 is 11.1 Å². The standard InChI is InChI=1S/C6H5ClO2S.C4H11N/c7-5-3-1-2-4-6(5)10(8)9;1-2-3-4-5/h1-4H,(H,8,9);2-5H2,1H3. The van der Waals surface area contributed by atoms with Crippen molar-refractivity contribution in [2.24, 2.45) is 5.73 Å². The van der Waals surface area contributed by atoms with Crippen molar-refractivity contribution < 1.29 is 8.76 Å². The third-order valence-electron chi connectivity index (χ3n) is 1.58.